The Kier molecular flexibility index (Phi) is 6.34. The zero-order valence-corrected chi connectivity index (χ0v) is 8.49. The summed E-state index contributed by atoms with van der Waals surface area (Å²) >= 11 is 0. The van der Waals surface area contributed by atoms with Crippen LogP contribution in [0.1, 0.15) is 46.6 Å². The van der Waals surface area contributed by atoms with Crippen molar-refractivity contribution in [1.29, 1.82) is 0 Å². The van der Waals surface area contributed by atoms with E-state index in [1.54, 1.807) is 17.2 Å². The van der Waals surface area contributed by atoms with Crippen LogP contribution < -0.4 is 0 Å². The average Bonchev–Trinajstić information content (AvgIpc) is 2.57. The third-order valence-electron chi connectivity index (χ3n) is 1.40. The Balaban J connectivity index is 0.000000261. The van der Waals surface area contributed by atoms with Gasteiger partial charge in [0, 0.05) is 0 Å². The lowest BCUT2D eigenvalue weighted by molar-refractivity contribution is 0.466. The molecular weight excluding hydrogens is 150 g/mol. The summed E-state index contributed by atoms with van der Waals surface area (Å²) in [7, 11) is 0. The van der Waals surface area contributed by atoms with Gasteiger partial charge in [0.15, 0.2) is 0 Å². The van der Waals surface area contributed by atoms with Crippen molar-refractivity contribution < 1.29 is 0 Å². The molecule has 0 aliphatic carbocycles. The van der Waals surface area contributed by atoms with Gasteiger partial charge >= 0.3 is 0 Å². The molecule has 0 unspecified atom stereocenters. The smallest absolute Gasteiger partial charge is 0.0693 e. The third-order valence-corrected chi connectivity index (χ3v) is 1.40. The van der Waals surface area contributed by atoms with Gasteiger partial charge in [0.25, 0.3) is 0 Å². The monoisotopic (exact) mass is 169 g/mol. The SMILES string of the molecule is CC(C)n1nccn1.CCCC. The predicted molar refractivity (Wildman–Crippen MR) is 51.0 cm³/mol. The molecule has 0 bridgehead atoms. The van der Waals surface area contributed by atoms with E-state index in [2.05, 4.69) is 24.0 Å². The van der Waals surface area contributed by atoms with Crippen LogP contribution in [0.15, 0.2) is 12.4 Å². The van der Waals surface area contributed by atoms with Crippen LogP contribution in [0.5, 0.6) is 0 Å². The number of unbranched alkanes of at least 4 members (excludes halogenated alkanes) is 1. The molecule has 3 heteroatoms. The number of hydrogen-bond donors (Lipinski definition) is 0. The van der Waals surface area contributed by atoms with Crippen LogP contribution >= 0.6 is 0 Å². The minimum absolute atomic E-state index is 0.380. The van der Waals surface area contributed by atoms with Crippen molar-refractivity contribution in [2.45, 2.75) is 46.6 Å². The molecule has 0 amide bonds. The quantitative estimate of drug-likeness (QED) is 0.681. The van der Waals surface area contributed by atoms with Gasteiger partial charge in [0.05, 0.1) is 18.4 Å². The van der Waals surface area contributed by atoms with Crippen molar-refractivity contribution in [2.24, 2.45) is 0 Å². The normalized spacial score (nSPS) is 9.42. The Labute approximate surface area is 74.8 Å². The number of nitrogens with zero attached hydrogens (tertiary/aromatic N) is 3. The zero-order valence-electron chi connectivity index (χ0n) is 8.49. The molecule has 12 heavy (non-hydrogen) atoms. The Hall–Kier alpha value is -0.860. The van der Waals surface area contributed by atoms with Crippen LogP contribution in [0.4, 0.5) is 0 Å². The van der Waals surface area contributed by atoms with Gasteiger partial charge in [-0.2, -0.15) is 15.0 Å². The molecule has 70 valence electrons. The molecule has 0 fully saturated rings. The molecule has 0 saturated heterocycles. The van der Waals surface area contributed by atoms with Crippen molar-refractivity contribution in [2.75, 3.05) is 0 Å². The standard InChI is InChI=1S/C5H9N3.C4H10/c1-5(2)8-6-3-4-7-8;1-3-4-2/h3-5H,1-2H3;3-4H2,1-2H3. The van der Waals surface area contributed by atoms with Crippen LogP contribution in [0, 0.1) is 0 Å². The summed E-state index contributed by atoms with van der Waals surface area (Å²) in [4.78, 5) is 1.67. The number of hydrogen-bond acceptors (Lipinski definition) is 2. The third kappa shape index (κ3) is 4.88. The lowest BCUT2D eigenvalue weighted by Gasteiger charge is -1.99. The maximum atomic E-state index is 3.92. The lowest BCUT2D eigenvalue weighted by atomic mass is 10.4. The molecule has 1 heterocycles. The van der Waals surface area contributed by atoms with Crippen LogP contribution in [0.2, 0.25) is 0 Å². The Morgan fingerprint density at radius 3 is 1.67 bits per heavy atom. The van der Waals surface area contributed by atoms with Crippen LogP contribution in [-0.2, 0) is 0 Å². The van der Waals surface area contributed by atoms with E-state index in [0.717, 1.165) is 0 Å². The fraction of sp³-hybridized carbons (Fsp3) is 0.778. The summed E-state index contributed by atoms with van der Waals surface area (Å²) in [5, 5.41) is 7.84. The molecule has 0 N–H and O–H groups in total. The Bertz CT molecular complexity index is 166. The second-order valence-corrected chi connectivity index (χ2v) is 2.94. The summed E-state index contributed by atoms with van der Waals surface area (Å²) in [5.74, 6) is 0. The number of aromatic nitrogens is 3. The molecule has 0 aliphatic rings. The molecule has 0 atom stereocenters. The molecule has 0 radical (unpaired) electrons. The highest BCUT2D eigenvalue weighted by molar-refractivity contribution is 4.61. The second-order valence-electron chi connectivity index (χ2n) is 2.94. The Morgan fingerprint density at radius 1 is 1.08 bits per heavy atom. The van der Waals surface area contributed by atoms with Gasteiger partial charge in [-0.1, -0.05) is 26.7 Å². The van der Waals surface area contributed by atoms with E-state index in [1.807, 2.05) is 13.8 Å². The molecule has 1 aromatic heterocycles. The van der Waals surface area contributed by atoms with Gasteiger partial charge in [-0.3, -0.25) is 0 Å². The van der Waals surface area contributed by atoms with Gasteiger partial charge in [0.2, 0.25) is 0 Å². The van der Waals surface area contributed by atoms with E-state index >= 15 is 0 Å². The average molecular weight is 169 g/mol. The van der Waals surface area contributed by atoms with Gasteiger partial charge in [0.1, 0.15) is 0 Å². The van der Waals surface area contributed by atoms with Crippen LogP contribution in [-0.4, -0.2) is 15.0 Å². The van der Waals surface area contributed by atoms with E-state index < -0.39 is 0 Å². The van der Waals surface area contributed by atoms with Crippen LogP contribution in [0.25, 0.3) is 0 Å². The van der Waals surface area contributed by atoms with Gasteiger partial charge < -0.3 is 0 Å². The van der Waals surface area contributed by atoms with Crippen molar-refractivity contribution >= 4 is 0 Å². The predicted octanol–water partition coefficient (Wildman–Crippen LogP) is 2.67. The highest BCUT2D eigenvalue weighted by Crippen LogP contribution is 1.94. The summed E-state index contributed by atoms with van der Waals surface area (Å²) < 4.78 is 0. The Morgan fingerprint density at radius 2 is 1.50 bits per heavy atom. The van der Waals surface area contributed by atoms with E-state index in [4.69, 9.17) is 0 Å². The second kappa shape index (κ2) is 6.83. The first-order chi connectivity index (χ1) is 5.72. The highest BCUT2D eigenvalue weighted by Gasteiger charge is 1.93. The van der Waals surface area contributed by atoms with E-state index in [1.165, 1.54) is 12.8 Å². The topological polar surface area (TPSA) is 30.7 Å². The van der Waals surface area contributed by atoms with Gasteiger partial charge in [-0.15, -0.1) is 0 Å². The largest absolute Gasteiger partial charge is 0.182 e. The van der Waals surface area contributed by atoms with E-state index in [9.17, 15) is 0 Å². The maximum absolute atomic E-state index is 3.92. The fourth-order valence-corrected chi connectivity index (χ4v) is 0.493. The summed E-state index contributed by atoms with van der Waals surface area (Å²) in [6.07, 6.45) is 6.00. The molecule has 0 spiro atoms. The molecule has 3 nitrogen and oxygen atoms in total. The van der Waals surface area contributed by atoms with E-state index in [0.29, 0.717) is 6.04 Å². The minimum Gasteiger partial charge on any atom is -0.182 e. The van der Waals surface area contributed by atoms with E-state index in [-0.39, 0.29) is 0 Å². The van der Waals surface area contributed by atoms with Crippen molar-refractivity contribution in [3.8, 4) is 0 Å². The molecule has 0 aromatic carbocycles. The van der Waals surface area contributed by atoms with Crippen molar-refractivity contribution in [3.05, 3.63) is 12.4 Å². The first kappa shape index (κ1) is 11.1. The van der Waals surface area contributed by atoms with Crippen molar-refractivity contribution in [1.82, 2.24) is 15.0 Å². The molecule has 0 aliphatic heterocycles. The van der Waals surface area contributed by atoms with Gasteiger partial charge in [-0.05, 0) is 13.8 Å². The fourth-order valence-electron chi connectivity index (χ4n) is 0.493. The highest BCUT2D eigenvalue weighted by atomic mass is 15.5. The zero-order chi connectivity index (χ0) is 9.40. The summed E-state index contributed by atoms with van der Waals surface area (Å²) in [6.45, 7) is 8.44. The molecule has 1 aromatic rings. The first-order valence-corrected chi connectivity index (χ1v) is 4.58. The first-order valence-electron chi connectivity index (χ1n) is 4.58. The van der Waals surface area contributed by atoms with Crippen molar-refractivity contribution in [3.63, 3.8) is 0 Å². The summed E-state index contributed by atoms with van der Waals surface area (Å²) in [5.41, 5.74) is 0. The number of rotatable bonds is 2. The minimum atomic E-state index is 0.380. The molecular formula is C9H19N3. The van der Waals surface area contributed by atoms with Crippen LogP contribution in [0.3, 0.4) is 0 Å². The molecule has 1 rings (SSSR count). The maximum Gasteiger partial charge on any atom is 0.0693 e. The lowest BCUT2D eigenvalue weighted by Crippen LogP contribution is -2.03. The van der Waals surface area contributed by atoms with Gasteiger partial charge in [-0.25, -0.2) is 0 Å². The molecule has 0 saturated carbocycles. The summed E-state index contributed by atoms with van der Waals surface area (Å²) in [6, 6.07) is 0.380.